The van der Waals surface area contributed by atoms with E-state index in [0.29, 0.717) is 16.1 Å². The molecule has 2 aromatic carbocycles. The van der Waals surface area contributed by atoms with Crippen LogP contribution < -0.4 is 5.32 Å². The summed E-state index contributed by atoms with van der Waals surface area (Å²) in [6.45, 7) is 2.06. The number of ether oxygens (including phenoxy) is 1. The molecule has 0 aliphatic carbocycles. The number of hydrogen-bond donors (Lipinski definition) is 1. The Hall–Kier alpha value is -3.38. The summed E-state index contributed by atoms with van der Waals surface area (Å²) in [6.07, 6.45) is 0. The second-order valence-corrected chi connectivity index (χ2v) is 7.24. The number of thiophene rings is 1. The van der Waals surface area contributed by atoms with Gasteiger partial charge in [0.1, 0.15) is 16.1 Å². The second-order valence-electron chi connectivity index (χ2n) is 6.37. The Labute approximate surface area is 171 Å². The average molecular weight is 405 g/mol. The van der Waals surface area contributed by atoms with Crippen LogP contribution in [0.1, 0.15) is 27.8 Å². The summed E-state index contributed by atoms with van der Waals surface area (Å²) in [5.41, 5.74) is 2.82. The van der Waals surface area contributed by atoms with Gasteiger partial charge in [-0.15, -0.1) is 11.3 Å². The molecule has 0 saturated carbocycles. The summed E-state index contributed by atoms with van der Waals surface area (Å²) in [6, 6.07) is 18.8. The highest BCUT2D eigenvalue weighted by Gasteiger charge is 2.22. The number of rotatable bonds is 7. The van der Waals surface area contributed by atoms with Crippen LogP contribution in [-0.4, -0.2) is 24.9 Å². The van der Waals surface area contributed by atoms with Crippen LogP contribution in [0.5, 0.6) is 0 Å². The Balaban J connectivity index is 1.58. The molecule has 0 radical (unpaired) electrons. The maximum absolute atomic E-state index is 12.6. The van der Waals surface area contributed by atoms with Gasteiger partial charge in [-0.1, -0.05) is 48.5 Å². The number of esters is 1. The summed E-state index contributed by atoms with van der Waals surface area (Å²) in [5, 5.41) is 6.48. The number of hydrogen-bond acceptors (Lipinski definition) is 6. The van der Waals surface area contributed by atoms with E-state index in [2.05, 4.69) is 5.32 Å². The number of nitrogens with one attached hydrogen (secondary N) is 1. The van der Waals surface area contributed by atoms with Gasteiger partial charge in [0.15, 0.2) is 5.76 Å². The van der Waals surface area contributed by atoms with E-state index >= 15 is 0 Å². The summed E-state index contributed by atoms with van der Waals surface area (Å²) >= 11 is 1.37. The lowest BCUT2D eigenvalue weighted by molar-refractivity contribution is 0.0528. The molecule has 0 atom stereocenters. The van der Waals surface area contributed by atoms with Crippen LogP contribution in [0.3, 0.4) is 0 Å². The van der Waals surface area contributed by atoms with E-state index in [9.17, 15) is 9.59 Å². The van der Waals surface area contributed by atoms with Crippen molar-refractivity contribution in [2.24, 2.45) is 0 Å². The third-order valence-electron chi connectivity index (χ3n) is 4.47. The van der Waals surface area contributed by atoms with Gasteiger partial charge < -0.3 is 14.5 Å². The number of carbonyl (C=O) groups excluding carboxylic acids is 2. The van der Waals surface area contributed by atoms with E-state index in [4.69, 9.17) is 9.15 Å². The topological polar surface area (TPSA) is 68.5 Å². The minimum Gasteiger partial charge on any atom is -0.462 e. The van der Waals surface area contributed by atoms with E-state index in [-0.39, 0.29) is 24.7 Å². The molecule has 2 aromatic heterocycles. The number of furan rings is 1. The summed E-state index contributed by atoms with van der Waals surface area (Å²) in [7, 11) is 0. The Bertz CT molecular complexity index is 1130. The van der Waals surface area contributed by atoms with Crippen molar-refractivity contribution in [1.29, 1.82) is 0 Å². The smallest absolute Gasteiger partial charge is 0.341 e. The van der Waals surface area contributed by atoms with Gasteiger partial charge in [0, 0.05) is 16.3 Å². The van der Waals surface area contributed by atoms with Crippen LogP contribution in [0.15, 0.2) is 70.5 Å². The van der Waals surface area contributed by atoms with Gasteiger partial charge in [0.05, 0.1) is 13.2 Å². The lowest BCUT2D eigenvalue weighted by Crippen LogP contribution is -2.15. The number of carbonyl (C=O) groups is 2. The summed E-state index contributed by atoms with van der Waals surface area (Å²) in [4.78, 5) is 25.2. The maximum Gasteiger partial charge on any atom is 0.341 e. The van der Waals surface area contributed by atoms with Gasteiger partial charge >= 0.3 is 5.97 Å². The van der Waals surface area contributed by atoms with Crippen LogP contribution in [0.25, 0.3) is 22.1 Å². The fraction of sp³-hybridized carbons (Fsp3) is 0.130. The van der Waals surface area contributed by atoms with Crippen LogP contribution in [0.4, 0.5) is 5.00 Å². The lowest BCUT2D eigenvalue weighted by atomic mass is 10.0. The lowest BCUT2D eigenvalue weighted by Gasteiger charge is -2.08. The molecule has 0 saturated heterocycles. The van der Waals surface area contributed by atoms with Crippen LogP contribution in [0, 0.1) is 0 Å². The molecule has 0 amide bonds. The molecule has 4 aromatic rings. The minimum absolute atomic E-state index is 0.0149. The summed E-state index contributed by atoms with van der Waals surface area (Å²) in [5.74, 6) is -0.312. The molecule has 2 heterocycles. The zero-order valence-electron chi connectivity index (χ0n) is 15.8. The van der Waals surface area contributed by atoms with E-state index in [1.807, 2.05) is 60.0 Å². The van der Waals surface area contributed by atoms with Gasteiger partial charge in [-0.25, -0.2) is 4.79 Å². The second kappa shape index (κ2) is 8.32. The minimum atomic E-state index is -0.411. The molecule has 5 nitrogen and oxygen atoms in total. The molecular formula is C23H19NO4S. The van der Waals surface area contributed by atoms with Crippen molar-refractivity contribution >= 4 is 39.1 Å². The Morgan fingerprint density at radius 1 is 1.07 bits per heavy atom. The van der Waals surface area contributed by atoms with Crippen molar-refractivity contribution in [2.75, 3.05) is 18.5 Å². The zero-order valence-corrected chi connectivity index (χ0v) is 16.6. The molecular weight excluding hydrogens is 386 g/mol. The van der Waals surface area contributed by atoms with Crippen LogP contribution in [0.2, 0.25) is 0 Å². The normalized spacial score (nSPS) is 10.8. The van der Waals surface area contributed by atoms with E-state index in [1.54, 1.807) is 13.0 Å². The molecule has 0 unspecified atom stereocenters. The van der Waals surface area contributed by atoms with Crippen molar-refractivity contribution in [3.8, 4) is 11.1 Å². The first-order chi connectivity index (χ1) is 14.2. The highest BCUT2D eigenvalue weighted by atomic mass is 32.1. The monoisotopic (exact) mass is 405 g/mol. The van der Waals surface area contributed by atoms with Crippen molar-refractivity contribution in [2.45, 2.75) is 6.92 Å². The molecule has 0 spiro atoms. The first-order valence-electron chi connectivity index (χ1n) is 9.27. The quantitative estimate of drug-likeness (QED) is 0.319. The van der Waals surface area contributed by atoms with Crippen molar-refractivity contribution in [3.63, 3.8) is 0 Å². The number of anilines is 1. The van der Waals surface area contributed by atoms with E-state index in [1.165, 1.54) is 11.3 Å². The fourth-order valence-corrected chi connectivity index (χ4v) is 4.05. The van der Waals surface area contributed by atoms with Gasteiger partial charge in [-0.05, 0) is 24.6 Å². The maximum atomic E-state index is 12.6. The van der Waals surface area contributed by atoms with Crippen LogP contribution >= 0.6 is 11.3 Å². The van der Waals surface area contributed by atoms with Gasteiger partial charge in [0.2, 0.25) is 5.78 Å². The Morgan fingerprint density at radius 2 is 1.83 bits per heavy atom. The summed E-state index contributed by atoms with van der Waals surface area (Å²) < 4.78 is 10.9. The first-order valence-corrected chi connectivity index (χ1v) is 10.1. The first kappa shape index (κ1) is 19.0. The zero-order chi connectivity index (χ0) is 20.2. The molecule has 0 bridgehead atoms. The largest absolute Gasteiger partial charge is 0.462 e. The van der Waals surface area contributed by atoms with Gasteiger partial charge in [0.25, 0.3) is 0 Å². The average Bonchev–Trinajstić information content (AvgIpc) is 3.37. The third-order valence-corrected chi connectivity index (χ3v) is 5.40. The highest BCUT2D eigenvalue weighted by molar-refractivity contribution is 7.15. The number of benzene rings is 2. The molecule has 0 fully saturated rings. The van der Waals surface area contributed by atoms with Crippen molar-refractivity contribution in [3.05, 3.63) is 77.4 Å². The Morgan fingerprint density at radius 3 is 2.59 bits per heavy atom. The molecule has 4 rings (SSSR count). The number of ketones is 1. The Kier molecular flexibility index (Phi) is 5.44. The molecule has 29 heavy (non-hydrogen) atoms. The van der Waals surface area contributed by atoms with Crippen molar-refractivity contribution < 1.29 is 18.7 Å². The number of para-hydroxylation sites is 1. The third kappa shape index (κ3) is 3.93. The SMILES string of the molecule is CCOC(=O)c1c(-c2ccccc2)csc1NCC(=O)c1cc2ccccc2o1. The van der Waals surface area contributed by atoms with E-state index in [0.717, 1.165) is 16.5 Å². The van der Waals surface area contributed by atoms with Gasteiger partial charge in [-0.3, -0.25) is 4.79 Å². The van der Waals surface area contributed by atoms with Gasteiger partial charge in [-0.2, -0.15) is 0 Å². The molecule has 0 aliphatic rings. The number of Topliss-reactive ketones (excluding diaryl/α,β-unsaturated/α-hetero) is 1. The van der Waals surface area contributed by atoms with E-state index < -0.39 is 5.97 Å². The molecule has 0 aliphatic heterocycles. The fourth-order valence-electron chi connectivity index (χ4n) is 3.09. The standard InChI is InChI=1S/C23H19NO4S/c1-2-27-23(26)21-17(15-8-4-3-5-9-15)14-29-22(21)24-13-18(25)20-12-16-10-6-7-11-19(16)28-20/h3-12,14,24H,2,13H2,1H3. The molecule has 6 heteroatoms. The van der Waals surface area contributed by atoms with Crippen molar-refractivity contribution in [1.82, 2.24) is 0 Å². The molecule has 1 N–H and O–H groups in total. The predicted octanol–water partition coefficient (Wildman–Crippen LogP) is 5.63. The highest BCUT2D eigenvalue weighted by Crippen LogP contribution is 2.36. The van der Waals surface area contributed by atoms with Crippen LogP contribution in [-0.2, 0) is 4.74 Å². The molecule has 146 valence electrons. The predicted molar refractivity (Wildman–Crippen MR) is 115 cm³/mol. The number of fused-ring (bicyclic) bond motifs is 1.